The van der Waals surface area contributed by atoms with Crippen LogP contribution in [0.15, 0.2) is 54.7 Å². The number of rotatable bonds is 5. The van der Waals surface area contributed by atoms with Crippen molar-refractivity contribution >= 4 is 11.6 Å². The maximum Gasteiger partial charge on any atom is 0.307 e. The first-order chi connectivity index (χ1) is 18.8. The lowest BCUT2D eigenvalue weighted by molar-refractivity contribution is -0.136. The van der Waals surface area contributed by atoms with Gasteiger partial charge in [-0.05, 0) is 74.6 Å². The van der Waals surface area contributed by atoms with Crippen LogP contribution in [0.3, 0.4) is 0 Å². The number of carbonyl (C=O) groups is 1. The molecule has 0 unspecified atom stereocenters. The highest BCUT2D eigenvalue weighted by atomic mass is 19.1. The van der Waals surface area contributed by atoms with E-state index in [4.69, 9.17) is 14.8 Å². The Balaban J connectivity index is 1.58. The zero-order valence-corrected chi connectivity index (χ0v) is 22.0. The SMILES string of the molecule is Cc1cc(-c2cccc(-c3cc4nc(C)c(CC(=O)O)c(-c5cc(F)c6c(c5C)CCCO6)n4n3)c2)ccn1. The number of carboxylic acids is 1. The summed E-state index contributed by atoms with van der Waals surface area (Å²) < 4.78 is 22.6. The fourth-order valence-corrected chi connectivity index (χ4v) is 5.42. The standard InChI is InChI=1S/C31H27FN4O3/c1-17-12-21(9-10-33-17)20-6-4-7-22(13-20)27-16-28-34-19(3)25(15-29(37)38)30(36(28)35-27)24-14-26(32)31-23(18(24)2)8-5-11-39-31/h4,6-7,9-10,12-14,16H,5,8,11,15H2,1-3H3,(H,37,38). The fourth-order valence-electron chi connectivity index (χ4n) is 5.42. The van der Waals surface area contributed by atoms with Crippen LogP contribution in [0.4, 0.5) is 4.39 Å². The van der Waals surface area contributed by atoms with Crippen LogP contribution in [0.2, 0.25) is 0 Å². The lowest BCUT2D eigenvalue weighted by Gasteiger charge is -2.23. The summed E-state index contributed by atoms with van der Waals surface area (Å²) in [6.45, 7) is 6.15. The first kappa shape index (κ1) is 24.7. The largest absolute Gasteiger partial charge is 0.490 e. The summed E-state index contributed by atoms with van der Waals surface area (Å²) >= 11 is 0. The maximum atomic E-state index is 15.3. The van der Waals surface area contributed by atoms with E-state index in [1.165, 1.54) is 6.07 Å². The first-order valence-corrected chi connectivity index (χ1v) is 12.9. The lowest BCUT2D eigenvalue weighted by Crippen LogP contribution is -2.14. The highest BCUT2D eigenvalue weighted by Crippen LogP contribution is 2.39. The molecule has 5 aromatic rings. The predicted molar refractivity (Wildman–Crippen MR) is 146 cm³/mol. The third-order valence-electron chi connectivity index (χ3n) is 7.31. The van der Waals surface area contributed by atoms with Gasteiger partial charge in [0.15, 0.2) is 17.2 Å². The van der Waals surface area contributed by atoms with E-state index in [0.717, 1.165) is 39.9 Å². The summed E-state index contributed by atoms with van der Waals surface area (Å²) in [7, 11) is 0. The van der Waals surface area contributed by atoms with Gasteiger partial charge in [-0.3, -0.25) is 9.78 Å². The molecule has 0 fully saturated rings. The van der Waals surface area contributed by atoms with E-state index in [1.807, 2.05) is 50.2 Å². The molecule has 0 aliphatic carbocycles. The Kier molecular flexibility index (Phi) is 6.10. The summed E-state index contributed by atoms with van der Waals surface area (Å²) in [6.07, 6.45) is 3.02. The van der Waals surface area contributed by atoms with E-state index in [0.29, 0.717) is 46.9 Å². The molecule has 7 nitrogen and oxygen atoms in total. The van der Waals surface area contributed by atoms with Crippen molar-refractivity contribution in [1.82, 2.24) is 19.6 Å². The van der Waals surface area contributed by atoms with Gasteiger partial charge >= 0.3 is 5.97 Å². The van der Waals surface area contributed by atoms with Gasteiger partial charge in [-0.2, -0.15) is 5.10 Å². The molecule has 0 radical (unpaired) electrons. The molecular formula is C31H27FN4O3. The topological polar surface area (TPSA) is 89.6 Å². The second-order valence-electron chi connectivity index (χ2n) is 9.95. The van der Waals surface area contributed by atoms with Crippen LogP contribution in [0.5, 0.6) is 5.75 Å². The van der Waals surface area contributed by atoms with Crippen LogP contribution in [0.1, 0.15) is 34.5 Å². The van der Waals surface area contributed by atoms with Gasteiger partial charge in [-0.25, -0.2) is 13.9 Å². The average molecular weight is 523 g/mol. The first-order valence-electron chi connectivity index (χ1n) is 12.9. The van der Waals surface area contributed by atoms with Crippen LogP contribution < -0.4 is 4.74 Å². The molecule has 1 aliphatic heterocycles. The number of pyridine rings is 1. The van der Waals surface area contributed by atoms with E-state index in [2.05, 4.69) is 11.1 Å². The smallest absolute Gasteiger partial charge is 0.307 e. The van der Waals surface area contributed by atoms with Crippen molar-refractivity contribution in [3.8, 4) is 39.4 Å². The van der Waals surface area contributed by atoms with Gasteiger partial charge in [0, 0.05) is 45.9 Å². The Labute approximate surface area is 224 Å². The summed E-state index contributed by atoms with van der Waals surface area (Å²) in [5.74, 6) is -1.16. The molecule has 0 saturated carbocycles. The van der Waals surface area contributed by atoms with Crippen LogP contribution in [0.25, 0.3) is 39.3 Å². The quantitative estimate of drug-likeness (QED) is 0.298. The van der Waals surface area contributed by atoms with Crippen molar-refractivity contribution in [2.75, 3.05) is 6.61 Å². The van der Waals surface area contributed by atoms with Crippen LogP contribution in [-0.4, -0.2) is 37.3 Å². The predicted octanol–water partition coefficient (Wildman–Crippen LogP) is 6.14. The number of nitrogens with zero attached hydrogens (tertiary/aromatic N) is 4. The van der Waals surface area contributed by atoms with Crippen molar-refractivity contribution in [2.24, 2.45) is 0 Å². The zero-order chi connectivity index (χ0) is 27.3. The van der Waals surface area contributed by atoms with Crippen molar-refractivity contribution in [3.05, 3.63) is 88.6 Å². The molecule has 0 atom stereocenters. The molecule has 0 amide bonds. The van der Waals surface area contributed by atoms with Gasteiger partial charge in [-0.15, -0.1) is 0 Å². The van der Waals surface area contributed by atoms with Gasteiger partial charge in [0.05, 0.1) is 24.4 Å². The Morgan fingerprint density at radius 2 is 1.87 bits per heavy atom. The summed E-state index contributed by atoms with van der Waals surface area (Å²) in [4.78, 5) is 20.9. The number of carboxylic acid groups (broad SMARTS) is 1. The average Bonchev–Trinajstić information content (AvgIpc) is 3.35. The molecule has 2 aromatic carbocycles. The fraction of sp³-hybridized carbons (Fsp3) is 0.226. The minimum atomic E-state index is -0.993. The number of halogens is 1. The molecule has 0 spiro atoms. The van der Waals surface area contributed by atoms with E-state index in [-0.39, 0.29) is 12.2 Å². The van der Waals surface area contributed by atoms with E-state index >= 15 is 4.39 Å². The van der Waals surface area contributed by atoms with Crippen molar-refractivity contribution in [2.45, 2.75) is 40.0 Å². The van der Waals surface area contributed by atoms with Crippen LogP contribution in [0, 0.1) is 26.6 Å². The van der Waals surface area contributed by atoms with Crippen molar-refractivity contribution < 1.29 is 19.0 Å². The summed E-state index contributed by atoms with van der Waals surface area (Å²) in [5.41, 5.74) is 9.02. The number of hydrogen-bond donors (Lipinski definition) is 1. The molecule has 0 saturated heterocycles. The number of aliphatic carboxylic acids is 1. The van der Waals surface area contributed by atoms with Crippen LogP contribution in [-0.2, 0) is 17.6 Å². The number of benzene rings is 2. The molecular weight excluding hydrogens is 495 g/mol. The molecule has 8 heteroatoms. The molecule has 39 heavy (non-hydrogen) atoms. The number of ether oxygens (including phenoxy) is 1. The van der Waals surface area contributed by atoms with Gasteiger partial charge in [0.2, 0.25) is 0 Å². The molecule has 6 rings (SSSR count). The summed E-state index contributed by atoms with van der Waals surface area (Å²) in [6, 6.07) is 15.4. The molecule has 4 heterocycles. The Morgan fingerprint density at radius 3 is 2.67 bits per heavy atom. The summed E-state index contributed by atoms with van der Waals surface area (Å²) in [5, 5.41) is 14.6. The third kappa shape index (κ3) is 4.41. The van der Waals surface area contributed by atoms with E-state index in [1.54, 1.807) is 17.6 Å². The Hall–Kier alpha value is -4.59. The molecule has 1 aliphatic rings. The number of fused-ring (bicyclic) bond motifs is 2. The maximum absolute atomic E-state index is 15.3. The van der Waals surface area contributed by atoms with Gasteiger partial charge < -0.3 is 9.84 Å². The van der Waals surface area contributed by atoms with E-state index in [9.17, 15) is 9.90 Å². The zero-order valence-electron chi connectivity index (χ0n) is 22.0. The third-order valence-corrected chi connectivity index (χ3v) is 7.31. The van der Waals surface area contributed by atoms with Gasteiger partial charge in [-0.1, -0.05) is 18.2 Å². The van der Waals surface area contributed by atoms with Crippen molar-refractivity contribution in [1.29, 1.82) is 0 Å². The monoisotopic (exact) mass is 522 g/mol. The van der Waals surface area contributed by atoms with E-state index < -0.39 is 11.8 Å². The molecule has 0 bridgehead atoms. The highest BCUT2D eigenvalue weighted by molar-refractivity contribution is 5.80. The number of hydrogen-bond acceptors (Lipinski definition) is 5. The van der Waals surface area contributed by atoms with Gasteiger partial charge in [0.25, 0.3) is 0 Å². The number of aryl methyl sites for hydroxylation is 2. The lowest BCUT2D eigenvalue weighted by atomic mass is 9.91. The van der Waals surface area contributed by atoms with Crippen LogP contribution >= 0.6 is 0 Å². The molecule has 1 N–H and O–H groups in total. The molecule has 196 valence electrons. The number of aromatic nitrogens is 4. The minimum absolute atomic E-state index is 0.259. The second kappa shape index (κ2) is 9.62. The molecule has 3 aromatic heterocycles. The normalized spacial score (nSPS) is 12.8. The second-order valence-corrected chi connectivity index (χ2v) is 9.95. The minimum Gasteiger partial charge on any atom is -0.490 e. The highest BCUT2D eigenvalue weighted by Gasteiger charge is 2.26. The Morgan fingerprint density at radius 1 is 1.08 bits per heavy atom. The van der Waals surface area contributed by atoms with Gasteiger partial charge in [0.1, 0.15) is 0 Å². The Bertz CT molecular complexity index is 1780. The van der Waals surface area contributed by atoms with Crippen molar-refractivity contribution in [3.63, 3.8) is 0 Å².